The van der Waals surface area contributed by atoms with Crippen molar-refractivity contribution in [3.8, 4) is 0 Å². The fourth-order valence-electron chi connectivity index (χ4n) is 2.07. The van der Waals surface area contributed by atoms with E-state index >= 15 is 0 Å². The standard InChI is InChI=1S/C15H33NO/c1-6-8-9-10-11-14(3)17-15(4,5)13-16-12-7-2/h14,16H,6-13H2,1-5H3. The van der Waals surface area contributed by atoms with Gasteiger partial charge in [-0.05, 0) is 40.2 Å². The molecule has 104 valence electrons. The van der Waals surface area contributed by atoms with E-state index in [0.29, 0.717) is 6.10 Å². The Bertz CT molecular complexity index is 168. The first-order chi connectivity index (χ1) is 8.02. The highest BCUT2D eigenvalue weighted by Crippen LogP contribution is 2.15. The zero-order valence-electron chi connectivity index (χ0n) is 12.6. The Kier molecular flexibility index (Phi) is 9.85. The Morgan fingerprint density at radius 3 is 2.35 bits per heavy atom. The predicted molar refractivity (Wildman–Crippen MR) is 76.5 cm³/mol. The molecule has 0 rings (SSSR count). The van der Waals surface area contributed by atoms with E-state index in [1.165, 1.54) is 38.5 Å². The van der Waals surface area contributed by atoms with Gasteiger partial charge in [0.25, 0.3) is 0 Å². The molecular formula is C15H33NO. The summed E-state index contributed by atoms with van der Waals surface area (Å²) in [5.41, 5.74) is -0.0423. The number of hydrogen-bond acceptors (Lipinski definition) is 2. The van der Waals surface area contributed by atoms with Gasteiger partial charge in [0, 0.05) is 6.54 Å². The minimum atomic E-state index is -0.0423. The zero-order valence-corrected chi connectivity index (χ0v) is 12.6. The van der Waals surface area contributed by atoms with Crippen molar-refractivity contribution in [3.63, 3.8) is 0 Å². The summed E-state index contributed by atoms with van der Waals surface area (Å²) in [5, 5.41) is 3.43. The van der Waals surface area contributed by atoms with E-state index < -0.39 is 0 Å². The van der Waals surface area contributed by atoms with Crippen molar-refractivity contribution >= 4 is 0 Å². The maximum Gasteiger partial charge on any atom is 0.0753 e. The first kappa shape index (κ1) is 16.9. The largest absolute Gasteiger partial charge is 0.371 e. The number of hydrogen-bond donors (Lipinski definition) is 1. The molecule has 0 aromatic rings. The lowest BCUT2D eigenvalue weighted by Gasteiger charge is -2.29. The lowest BCUT2D eigenvalue weighted by atomic mass is 10.1. The summed E-state index contributed by atoms with van der Waals surface area (Å²) < 4.78 is 6.10. The molecule has 1 atom stereocenters. The van der Waals surface area contributed by atoms with Gasteiger partial charge in [-0.15, -0.1) is 0 Å². The van der Waals surface area contributed by atoms with Gasteiger partial charge >= 0.3 is 0 Å². The SMILES string of the molecule is CCCCCCC(C)OC(C)(C)CNCCC. The quantitative estimate of drug-likeness (QED) is 0.551. The van der Waals surface area contributed by atoms with Crippen molar-refractivity contribution < 1.29 is 4.74 Å². The average molecular weight is 243 g/mol. The molecule has 0 heterocycles. The van der Waals surface area contributed by atoms with Crippen molar-refractivity contribution in [3.05, 3.63) is 0 Å². The summed E-state index contributed by atoms with van der Waals surface area (Å²) in [7, 11) is 0. The van der Waals surface area contributed by atoms with E-state index in [4.69, 9.17) is 4.74 Å². The number of unbranched alkanes of at least 4 members (excludes halogenated alkanes) is 3. The summed E-state index contributed by atoms with van der Waals surface area (Å²) >= 11 is 0. The maximum atomic E-state index is 6.10. The van der Waals surface area contributed by atoms with Gasteiger partial charge in [-0.25, -0.2) is 0 Å². The molecule has 0 amide bonds. The van der Waals surface area contributed by atoms with Crippen molar-refractivity contribution in [2.45, 2.75) is 84.8 Å². The summed E-state index contributed by atoms with van der Waals surface area (Å²) in [6.45, 7) is 13.0. The van der Waals surface area contributed by atoms with Crippen LogP contribution < -0.4 is 5.32 Å². The molecule has 0 spiro atoms. The molecule has 1 N–H and O–H groups in total. The Morgan fingerprint density at radius 2 is 1.76 bits per heavy atom. The van der Waals surface area contributed by atoms with Gasteiger partial charge in [-0.2, -0.15) is 0 Å². The molecule has 0 saturated carbocycles. The van der Waals surface area contributed by atoms with E-state index in [9.17, 15) is 0 Å². The van der Waals surface area contributed by atoms with E-state index in [0.717, 1.165) is 13.1 Å². The fourth-order valence-corrected chi connectivity index (χ4v) is 2.07. The molecule has 0 aliphatic rings. The molecule has 0 aliphatic heterocycles. The van der Waals surface area contributed by atoms with Crippen LogP contribution in [0.2, 0.25) is 0 Å². The molecule has 2 heteroatoms. The highest BCUT2D eigenvalue weighted by molar-refractivity contribution is 4.73. The van der Waals surface area contributed by atoms with E-state index in [1.54, 1.807) is 0 Å². The Hall–Kier alpha value is -0.0800. The van der Waals surface area contributed by atoms with Crippen LogP contribution in [-0.4, -0.2) is 24.8 Å². The summed E-state index contributed by atoms with van der Waals surface area (Å²) in [6, 6.07) is 0. The monoisotopic (exact) mass is 243 g/mol. The zero-order chi connectivity index (χ0) is 13.1. The van der Waals surface area contributed by atoms with Crippen LogP contribution in [-0.2, 0) is 4.74 Å². The topological polar surface area (TPSA) is 21.3 Å². The second-order valence-electron chi connectivity index (χ2n) is 5.71. The minimum Gasteiger partial charge on any atom is -0.371 e. The number of nitrogens with one attached hydrogen (secondary N) is 1. The Balaban J connectivity index is 3.64. The first-order valence-electron chi connectivity index (χ1n) is 7.40. The van der Waals surface area contributed by atoms with Gasteiger partial charge in [-0.1, -0.05) is 39.5 Å². The van der Waals surface area contributed by atoms with Crippen molar-refractivity contribution in [1.82, 2.24) is 5.32 Å². The minimum absolute atomic E-state index is 0.0423. The van der Waals surface area contributed by atoms with Gasteiger partial charge in [0.15, 0.2) is 0 Å². The average Bonchev–Trinajstić information content (AvgIpc) is 2.24. The van der Waals surface area contributed by atoms with E-state index in [2.05, 4.69) is 39.9 Å². The molecule has 0 radical (unpaired) electrons. The Labute approximate surface area is 109 Å². The lowest BCUT2D eigenvalue weighted by Crippen LogP contribution is -2.40. The molecule has 0 aromatic heterocycles. The third-order valence-electron chi connectivity index (χ3n) is 2.96. The third-order valence-corrected chi connectivity index (χ3v) is 2.96. The molecule has 0 aromatic carbocycles. The van der Waals surface area contributed by atoms with Gasteiger partial charge < -0.3 is 10.1 Å². The summed E-state index contributed by atoms with van der Waals surface area (Å²) in [5.74, 6) is 0. The van der Waals surface area contributed by atoms with Crippen LogP contribution >= 0.6 is 0 Å². The van der Waals surface area contributed by atoms with E-state index in [-0.39, 0.29) is 5.60 Å². The molecule has 0 saturated heterocycles. The van der Waals surface area contributed by atoms with Crippen LogP contribution in [0.3, 0.4) is 0 Å². The lowest BCUT2D eigenvalue weighted by molar-refractivity contribution is -0.0652. The van der Waals surface area contributed by atoms with Gasteiger partial charge in [0.1, 0.15) is 0 Å². The predicted octanol–water partition coefficient (Wildman–Crippen LogP) is 4.14. The first-order valence-corrected chi connectivity index (χ1v) is 7.40. The van der Waals surface area contributed by atoms with Crippen molar-refractivity contribution in [2.75, 3.05) is 13.1 Å². The van der Waals surface area contributed by atoms with Gasteiger partial charge in [-0.3, -0.25) is 0 Å². The van der Waals surface area contributed by atoms with Gasteiger partial charge in [0.05, 0.1) is 11.7 Å². The van der Waals surface area contributed by atoms with Crippen LogP contribution in [0.5, 0.6) is 0 Å². The third kappa shape index (κ3) is 10.8. The summed E-state index contributed by atoms with van der Waals surface area (Å²) in [6.07, 6.45) is 8.06. The molecule has 0 bridgehead atoms. The highest BCUT2D eigenvalue weighted by atomic mass is 16.5. The van der Waals surface area contributed by atoms with Crippen LogP contribution in [0.1, 0.15) is 73.1 Å². The number of rotatable bonds is 11. The number of ether oxygens (including phenoxy) is 1. The molecule has 2 nitrogen and oxygen atoms in total. The van der Waals surface area contributed by atoms with Crippen LogP contribution in [0.15, 0.2) is 0 Å². The van der Waals surface area contributed by atoms with Crippen LogP contribution in [0.4, 0.5) is 0 Å². The maximum absolute atomic E-state index is 6.10. The van der Waals surface area contributed by atoms with Crippen molar-refractivity contribution in [2.24, 2.45) is 0 Å². The molecule has 17 heavy (non-hydrogen) atoms. The second kappa shape index (κ2) is 9.90. The second-order valence-corrected chi connectivity index (χ2v) is 5.71. The van der Waals surface area contributed by atoms with Gasteiger partial charge in [0.2, 0.25) is 0 Å². The van der Waals surface area contributed by atoms with E-state index in [1.807, 2.05) is 0 Å². The summed E-state index contributed by atoms with van der Waals surface area (Å²) in [4.78, 5) is 0. The molecule has 0 aliphatic carbocycles. The highest BCUT2D eigenvalue weighted by Gasteiger charge is 2.20. The molecular weight excluding hydrogens is 210 g/mol. The Morgan fingerprint density at radius 1 is 1.06 bits per heavy atom. The normalized spacial score (nSPS) is 13.9. The van der Waals surface area contributed by atoms with Crippen LogP contribution in [0, 0.1) is 0 Å². The fraction of sp³-hybridized carbons (Fsp3) is 1.00. The molecule has 1 unspecified atom stereocenters. The molecule has 0 fully saturated rings. The van der Waals surface area contributed by atoms with Crippen LogP contribution in [0.25, 0.3) is 0 Å². The van der Waals surface area contributed by atoms with Crippen molar-refractivity contribution in [1.29, 1.82) is 0 Å². The smallest absolute Gasteiger partial charge is 0.0753 e.